The molecule has 0 N–H and O–H groups in total. The SMILES string of the molecule is CC(C)(C)N1c2ccccc2SC2C=CC=CC21. The summed E-state index contributed by atoms with van der Waals surface area (Å²) in [7, 11) is 0. The van der Waals surface area contributed by atoms with Crippen molar-refractivity contribution in [1.82, 2.24) is 0 Å². The van der Waals surface area contributed by atoms with Crippen molar-refractivity contribution in [2.75, 3.05) is 4.90 Å². The molecule has 2 heteroatoms. The summed E-state index contributed by atoms with van der Waals surface area (Å²) in [5.41, 5.74) is 1.51. The Kier molecular flexibility index (Phi) is 2.78. The highest BCUT2D eigenvalue weighted by Crippen LogP contribution is 2.46. The fraction of sp³-hybridized carbons (Fsp3) is 0.375. The van der Waals surface area contributed by atoms with Crippen molar-refractivity contribution in [1.29, 1.82) is 0 Å². The first-order chi connectivity index (χ1) is 8.57. The molecule has 1 aromatic rings. The first kappa shape index (κ1) is 11.9. The van der Waals surface area contributed by atoms with Gasteiger partial charge in [-0.25, -0.2) is 0 Å². The minimum atomic E-state index is 0.134. The summed E-state index contributed by atoms with van der Waals surface area (Å²) in [5, 5.41) is 0.532. The van der Waals surface area contributed by atoms with Gasteiger partial charge in [-0.05, 0) is 32.9 Å². The fourth-order valence-corrected chi connectivity index (χ4v) is 4.05. The van der Waals surface area contributed by atoms with Crippen LogP contribution in [0.15, 0.2) is 53.5 Å². The Hall–Kier alpha value is -1.15. The second-order valence-corrected chi connectivity index (χ2v) is 7.07. The predicted octanol–water partition coefficient (Wildman–Crippen LogP) is 4.26. The van der Waals surface area contributed by atoms with Crippen LogP contribution in [-0.2, 0) is 0 Å². The Morgan fingerprint density at radius 1 is 1.06 bits per heavy atom. The van der Waals surface area contributed by atoms with Gasteiger partial charge >= 0.3 is 0 Å². The highest BCUT2D eigenvalue weighted by Gasteiger charge is 2.38. The lowest BCUT2D eigenvalue weighted by molar-refractivity contribution is 0.465. The van der Waals surface area contributed by atoms with Crippen LogP contribution >= 0.6 is 11.8 Å². The maximum Gasteiger partial charge on any atom is 0.0639 e. The Bertz CT molecular complexity index is 510. The van der Waals surface area contributed by atoms with Crippen LogP contribution in [-0.4, -0.2) is 16.8 Å². The van der Waals surface area contributed by atoms with Crippen LogP contribution in [0.4, 0.5) is 5.69 Å². The van der Waals surface area contributed by atoms with E-state index in [4.69, 9.17) is 0 Å². The molecule has 0 saturated carbocycles. The van der Waals surface area contributed by atoms with Gasteiger partial charge in [-0.1, -0.05) is 36.4 Å². The Morgan fingerprint density at radius 2 is 1.78 bits per heavy atom. The first-order valence-electron chi connectivity index (χ1n) is 6.47. The number of allylic oxidation sites excluding steroid dienone is 2. The zero-order chi connectivity index (χ0) is 12.8. The summed E-state index contributed by atoms with van der Waals surface area (Å²) in [6, 6.07) is 9.22. The molecule has 0 spiro atoms. The van der Waals surface area contributed by atoms with Crippen LogP contribution in [0.1, 0.15) is 20.8 Å². The molecule has 1 nitrogen and oxygen atoms in total. The van der Waals surface area contributed by atoms with Crippen molar-refractivity contribution in [3.05, 3.63) is 48.6 Å². The van der Waals surface area contributed by atoms with Crippen molar-refractivity contribution in [2.24, 2.45) is 0 Å². The molecular weight excluding hydrogens is 238 g/mol. The molecule has 1 aliphatic heterocycles. The van der Waals surface area contributed by atoms with Crippen LogP contribution in [0.3, 0.4) is 0 Å². The second-order valence-electron chi connectivity index (χ2n) is 5.85. The maximum atomic E-state index is 2.56. The number of fused-ring (bicyclic) bond motifs is 2. The van der Waals surface area contributed by atoms with Gasteiger partial charge in [-0.3, -0.25) is 0 Å². The summed E-state index contributed by atoms with van der Waals surface area (Å²) in [6.45, 7) is 6.88. The molecule has 3 rings (SSSR count). The number of benzene rings is 1. The van der Waals surface area contributed by atoms with Crippen molar-refractivity contribution < 1.29 is 0 Å². The van der Waals surface area contributed by atoms with E-state index in [1.165, 1.54) is 10.6 Å². The van der Waals surface area contributed by atoms with Gasteiger partial charge in [0.2, 0.25) is 0 Å². The third-order valence-corrected chi connectivity index (χ3v) is 4.77. The number of anilines is 1. The number of para-hydroxylation sites is 1. The van der Waals surface area contributed by atoms with E-state index in [9.17, 15) is 0 Å². The standard InChI is InChI=1S/C16H19NS/c1-16(2,3)17-12-8-4-6-10-14(12)18-15-11-7-5-9-13(15)17/h4-12,14H,1-3H3. The summed E-state index contributed by atoms with van der Waals surface area (Å²) >= 11 is 1.98. The number of rotatable bonds is 0. The fourth-order valence-electron chi connectivity index (χ4n) is 2.79. The molecule has 2 atom stereocenters. The number of thioether (sulfide) groups is 1. The monoisotopic (exact) mass is 257 g/mol. The van der Waals surface area contributed by atoms with Crippen molar-refractivity contribution in [2.45, 2.75) is 42.5 Å². The van der Waals surface area contributed by atoms with Gasteiger partial charge in [0.25, 0.3) is 0 Å². The van der Waals surface area contributed by atoms with Crippen molar-refractivity contribution in [3.8, 4) is 0 Å². The molecule has 94 valence electrons. The number of hydrogen-bond donors (Lipinski definition) is 0. The van der Waals surface area contributed by atoms with Crippen LogP contribution in [0.5, 0.6) is 0 Å². The van der Waals surface area contributed by atoms with Crippen LogP contribution in [0, 0.1) is 0 Å². The second kappa shape index (κ2) is 4.20. The lowest BCUT2D eigenvalue weighted by Gasteiger charge is -2.49. The summed E-state index contributed by atoms with van der Waals surface area (Å²) in [6.07, 6.45) is 9.00. The smallest absolute Gasteiger partial charge is 0.0639 e. The highest BCUT2D eigenvalue weighted by molar-refractivity contribution is 8.00. The van der Waals surface area contributed by atoms with E-state index < -0.39 is 0 Å². The normalized spacial score (nSPS) is 25.8. The van der Waals surface area contributed by atoms with E-state index in [1.807, 2.05) is 11.8 Å². The molecule has 0 fully saturated rings. The van der Waals surface area contributed by atoms with Crippen molar-refractivity contribution in [3.63, 3.8) is 0 Å². The van der Waals surface area contributed by atoms with Crippen LogP contribution in [0.25, 0.3) is 0 Å². The molecule has 1 heterocycles. The largest absolute Gasteiger partial charge is 0.358 e. The Labute approximate surface area is 114 Å². The number of nitrogens with zero attached hydrogens (tertiary/aromatic N) is 1. The van der Waals surface area contributed by atoms with E-state index in [1.54, 1.807) is 0 Å². The van der Waals surface area contributed by atoms with E-state index in [-0.39, 0.29) is 5.54 Å². The Balaban J connectivity index is 2.13. The van der Waals surface area contributed by atoms with Crippen LogP contribution in [0.2, 0.25) is 0 Å². The molecule has 0 bridgehead atoms. The molecule has 1 aromatic carbocycles. The lowest BCUT2D eigenvalue weighted by Crippen LogP contribution is -2.53. The minimum Gasteiger partial charge on any atom is -0.358 e. The predicted molar refractivity (Wildman–Crippen MR) is 80.4 cm³/mol. The molecule has 2 unspecified atom stereocenters. The van der Waals surface area contributed by atoms with Gasteiger partial charge in [0.1, 0.15) is 0 Å². The van der Waals surface area contributed by atoms with Gasteiger partial charge in [-0.15, -0.1) is 11.8 Å². The maximum absolute atomic E-state index is 2.56. The highest BCUT2D eigenvalue weighted by atomic mass is 32.2. The molecule has 2 aliphatic rings. The molecule has 0 aromatic heterocycles. The first-order valence-corrected chi connectivity index (χ1v) is 7.35. The minimum absolute atomic E-state index is 0.134. The Morgan fingerprint density at radius 3 is 2.56 bits per heavy atom. The molecule has 18 heavy (non-hydrogen) atoms. The van der Waals surface area contributed by atoms with E-state index >= 15 is 0 Å². The zero-order valence-corrected chi connectivity index (χ0v) is 11.9. The molecule has 1 aliphatic carbocycles. The topological polar surface area (TPSA) is 3.24 Å². The summed E-state index contributed by atoms with van der Waals surface area (Å²) < 4.78 is 0. The van der Waals surface area contributed by atoms with E-state index in [0.29, 0.717) is 11.3 Å². The van der Waals surface area contributed by atoms with Gasteiger partial charge in [-0.2, -0.15) is 0 Å². The summed E-state index contributed by atoms with van der Waals surface area (Å²) in [5.74, 6) is 0. The lowest BCUT2D eigenvalue weighted by atomic mass is 9.96. The van der Waals surface area contributed by atoms with Gasteiger partial charge in [0.15, 0.2) is 0 Å². The third-order valence-electron chi connectivity index (χ3n) is 3.47. The molecule has 0 saturated heterocycles. The quantitative estimate of drug-likeness (QED) is 0.683. The van der Waals surface area contributed by atoms with E-state index in [2.05, 4.69) is 74.2 Å². The van der Waals surface area contributed by atoms with Crippen molar-refractivity contribution >= 4 is 17.4 Å². The molecule has 0 radical (unpaired) electrons. The average Bonchev–Trinajstić information content (AvgIpc) is 2.34. The third kappa shape index (κ3) is 1.89. The van der Waals surface area contributed by atoms with E-state index in [0.717, 1.165) is 0 Å². The summed E-state index contributed by atoms with van der Waals surface area (Å²) in [4.78, 5) is 3.96. The number of hydrogen-bond acceptors (Lipinski definition) is 2. The molecule has 0 amide bonds. The van der Waals surface area contributed by atoms with Gasteiger partial charge in [0, 0.05) is 10.4 Å². The average molecular weight is 257 g/mol. The van der Waals surface area contributed by atoms with Crippen LogP contribution < -0.4 is 4.90 Å². The molecular formula is C16H19NS. The van der Waals surface area contributed by atoms with Gasteiger partial charge in [0.05, 0.1) is 17.0 Å². The zero-order valence-electron chi connectivity index (χ0n) is 11.1. The van der Waals surface area contributed by atoms with Gasteiger partial charge < -0.3 is 4.90 Å².